The van der Waals surface area contributed by atoms with Gasteiger partial charge in [-0.3, -0.25) is 4.90 Å². The molecule has 0 fully saturated rings. The van der Waals surface area contributed by atoms with Gasteiger partial charge in [0.2, 0.25) is 0 Å². The van der Waals surface area contributed by atoms with Crippen molar-refractivity contribution in [3.63, 3.8) is 0 Å². The van der Waals surface area contributed by atoms with E-state index in [2.05, 4.69) is 13.5 Å². The van der Waals surface area contributed by atoms with Gasteiger partial charge in [-0.1, -0.05) is 19.1 Å². The largest absolute Gasteiger partial charge is 0.395 e. The maximum Gasteiger partial charge on any atom is 0.0558 e. The number of aliphatic hydroxyl groups is 2. The summed E-state index contributed by atoms with van der Waals surface area (Å²) in [6.45, 7) is 8.20. The molecule has 0 saturated heterocycles. The van der Waals surface area contributed by atoms with E-state index in [4.69, 9.17) is 10.2 Å². The van der Waals surface area contributed by atoms with Crippen LogP contribution < -0.4 is 0 Å². The quantitative estimate of drug-likeness (QED) is 0.542. The highest BCUT2D eigenvalue weighted by Gasteiger charge is 2.03. The zero-order chi connectivity index (χ0) is 9.40. The molecule has 0 rings (SSSR count). The monoisotopic (exact) mass is 173 g/mol. The van der Waals surface area contributed by atoms with Crippen molar-refractivity contribution in [2.45, 2.75) is 13.3 Å². The molecule has 0 heterocycles. The van der Waals surface area contributed by atoms with Crippen molar-refractivity contribution in [3.8, 4) is 0 Å². The predicted octanol–water partition coefficient (Wildman–Crippen LogP) is 0.239. The lowest BCUT2D eigenvalue weighted by molar-refractivity contribution is 0.169. The number of rotatable bonds is 7. The average molecular weight is 173 g/mol. The lowest BCUT2D eigenvalue weighted by Gasteiger charge is -2.20. The Bertz CT molecular complexity index is 120. The molecule has 0 radical (unpaired) electrons. The highest BCUT2D eigenvalue weighted by Crippen LogP contribution is 1.99. The fourth-order valence-electron chi connectivity index (χ4n) is 0.981. The second kappa shape index (κ2) is 7.28. The van der Waals surface area contributed by atoms with Crippen molar-refractivity contribution >= 4 is 0 Å². The van der Waals surface area contributed by atoms with E-state index in [0.29, 0.717) is 13.1 Å². The lowest BCUT2D eigenvalue weighted by Crippen LogP contribution is -2.31. The SMILES string of the molecule is C=C(CC)CN(CCO)CCO. The van der Waals surface area contributed by atoms with Gasteiger partial charge in [0, 0.05) is 19.6 Å². The van der Waals surface area contributed by atoms with E-state index in [0.717, 1.165) is 18.5 Å². The summed E-state index contributed by atoms with van der Waals surface area (Å²) in [5.41, 5.74) is 1.14. The summed E-state index contributed by atoms with van der Waals surface area (Å²) in [4.78, 5) is 1.99. The van der Waals surface area contributed by atoms with Crippen LogP contribution in [0.4, 0.5) is 0 Å². The van der Waals surface area contributed by atoms with Gasteiger partial charge in [-0.15, -0.1) is 0 Å². The number of hydrogen-bond acceptors (Lipinski definition) is 3. The molecule has 0 aliphatic carbocycles. The molecule has 0 aromatic rings. The summed E-state index contributed by atoms with van der Waals surface area (Å²) in [5, 5.41) is 17.4. The first-order valence-corrected chi connectivity index (χ1v) is 4.35. The molecule has 0 bridgehead atoms. The minimum atomic E-state index is 0.136. The molecular weight excluding hydrogens is 154 g/mol. The maximum atomic E-state index is 8.70. The second-order valence-corrected chi connectivity index (χ2v) is 2.83. The minimum absolute atomic E-state index is 0.136. The molecule has 0 aromatic heterocycles. The average Bonchev–Trinajstić information content (AvgIpc) is 2.05. The Kier molecular flexibility index (Phi) is 7.05. The van der Waals surface area contributed by atoms with Gasteiger partial charge in [-0.05, 0) is 6.42 Å². The molecule has 0 saturated carbocycles. The Balaban J connectivity index is 3.68. The molecule has 72 valence electrons. The first-order chi connectivity index (χ1) is 5.74. The van der Waals surface area contributed by atoms with E-state index in [-0.39, 0.29) is 13.2 Å². The molecule has 0 amide bonds. The fraction of sp³-hybridized carbons (Fsp3) is 0.778. The molecule has 0 aromatic carbocycles. The molecule has 0 aliphatic heterocycles. The Morgan fingerprint density at radius 2 is 1.75 bits per heavy atom. The summed E-state index contributed by atoms with van der Waals surface area (Å²) in [5.74, 6) is 0. The van der Waals surface area contributed by atoms with E-state index >= 15 is 0 Å². The van der Waals surface area contributed by atoms with Crippen molar-refractivity contribution in [1.82, 2.24) is 4.90 Å². The molecule has 0 unspecified atom stereocenters. The highest BCUT2D eigenvalue weighted by atomic mass is 16.3. The molecule has 2 N–H and O–H groups in total. The zero-order valence-corrected chi connectivity index (χ0v) is 7.79. The first kappa shape index (κ1) is 11.6. The van der Waals surface area contributed by atoms with Crippen LogP contribution in [0.25, 0.3) is 0 Å². The molecule has 3 nitrogen and oxygen atoms in total. The van der Waals surface area contributed by atoms with E-state index in [9.17, 15) is 0 Å². The smallest absolute Gasteiger partial charge is 0.0558 e. The van der Waals surface area contributed by atoms with Gasteiger partial charge in [-0.25, -0.2) is 0 Å². The third kappa shape index (κ3) is 5.29. The van der Waals surface area contributed by atoms with Crippen LogP contribution in [0.2, 0.25) is 0 Å². The van der Waals surface area contributed by atoms with Gasteiger partial charge < -0.3 is 10.2 Å². The van der Waals surface area contributed by atoms with Crippen molar-refractivity contribution in [3.05, 3.63) is 12.2 Å². The van der Waals surface area contributed by atoms with E-state index < -0.39 is 0 Å². The fourth-order valence-corrected chi connectivity index (χ4v) is 0.981. The molecule has 3 heteroatoms. The van der Waals surface area contributed by atoms with E-state index in [1.807, 2.05) is 4.90 Å². The van der Waals surface area contributed by atoms with Gasteiger partial charge in [0.05, 0.1) is 13.2 Å². The van der Waals surface area contributed by atoms with Crippen LogP contribution in [0.3, 0.4) is 0 Å². The van der Waals surface area contributed by atoms with Crippen LogP contribution in [0.1, 0.15) is 13.3 Å². The predicted molar refractivity (Wildman–Crippen MR) is 50.0 cm³/mol. The molecular formula is C9H19NO2. The maximum absolute atomic E-state index is 8.70. The first-order valence-electron chi connectivity index (χ1n) is 4.35. The van der Waals surface area contributed by atoms with Crippen molar-refractivity contribution in [2.75, 3.05) is 32.8 Å². The molecule has 0 spiro atoms. The minimum Gasteiger partial charge on any atom is -0.395 e. The highest BCUT2D eigenvalue weighted by molar-refractivity contribution is 4.95. The summed E-state index contributed by atoms with van der Waals surface area (Å²) in [7, 11) is 0. The third-order valence-electron chi connectivity index (χ3n) is 1.78. The Hall–Kier alpha value is -0.380. The third-order valence-corrected chi connectivity index (χ3v) is 1.78. The van der Waals surface area contributed by atoms with Gasteiger partial charge in [0.25, 0.3) is 0 Å². The summed E-state index contributed by atoms with van der Waals surface area (Å²) >= 11 is 0. The number of hydrogen-bond donors (Lipinski definition) is 2. The van der Waals surface area contributed by atoms with Crippen LogP contribution in [-0.2, 0) is 0 Å². The van der Waals surface area contributed by atoms with Gasteiger partial charge in [0.1, 0.15) is 0 Å². The van der Waals surface area contributed by atoms with E-state index in [1.165, 1.54) is 0 Å². The van der Waals surface area contributed by atoms with Crippen molar-refractivity contribution in [1.29, 1.82) is 0 Å². The van der Waals surface area contributed by atoms with E-state index in [1.54, 1.807) is 0 Å². The zero-order valence-electron chi connectivity index (χ0n) is 7.79. The molecule has 0 aliphatic rings. The van der Waals surface area contributed by atoms with Crippen LogP contribution in [0, 0.1) is 0 Å². The summed E-state index contributed by atoms with van der Waals surface area (Å²) < 4.78 is 0. The molecule has 12 heavy (non-hydrogen) atoms. The second-order valence-electron chi connectivity index (χ2n) is 2.83. The van der Waals surface area contributed by atoms with Crippen LogP contribution >= 0.6 is 0 Å². The van der Waals surface area contributed by atoms with Gasteiger partial charge >= 0.3 is 0 Å². The Morgan fingerprint density at radius 3 is 2.08 bits per heavy atom. The topological polar surface area (TPSA) is 43.7 Å². The summed E-state index contributed by atoms with van der Waals surface area (Å²) in [6.07, 6.45) is 0.952. The van der Waals surface area contributed by atoms with Gasteiger partial charge in [0.15, 0.2) is 0 Å². The number of aliphatic hydroxyl groups excluding tert-OH is 2. The lowest BCUT2D eigenvalue weighted by atomic mass is 10.2. The van der Waals surface area contributed by atoms with Crippen molar-refractivity contribution in [2.24, 2.45) is 0 Å². The van der Waals surface area contributed by atoms with Gasteiger partial charge in [-0.2, -0.15) is 0 Å². The van der Waals surface area contributed by atoms with Crippen LogP contribution in [0.5, 0.6) is 0 Å². The summed E-state index contributed by atoms with van der Waals surface area (Å²) in [6, 6.07) is 0. The normalized spacial score (nSPS) is 10.7. The Morgan fingerprint density at radius 1 is 1.25 bits per heavy atom. The Labute approximate surface area is 74.3 Å². The van der Waals surface area contributed by atoms with Crippen molar-refractivity contribution < 1.29 is 10.2 Å². The van der Waals surface area contributed by atoms with Crippen LogP contribution in [-0.4, -0.2) is 48.0 Å². The molecule has 0 atom stereocenters. The van der Waals surface area contributed by atoms with Crippen LogP contribution in [0.15, 0.2) is 12.2 Å². The standard InChI is InChI=1S/C9H19NO2/c1-3-9(2)8-10(4-6-11)5-7-12/h11-12H,2-8H2,1H3. The number of nitrogens with zero attached hydrogens (tertiary/aromatic N) is 1.